The normalized spacial score (nSPS) is 10.2. The van der Waals surface area contributed by atoms with Gasteiger partial charge in [-0.1, -0.05) is 0 Å². The SMILES string of the molecule is CCNc1ncnc(N(CC)CCO)c1C. The monoisotopic (exact) mass is 224 g/mol. The van der Waals surface area contributed by atoms with Crippen LogP contribution < -0.4 is 10.2 Å². The molecule has 90 valence electrons. The van der Waals surface area contributed by atoms with Crippen molar-refractivity contribution in [2.45, 2.75) is 20.8 Å². The summed E-state index contributed by atoms with van der Waals surface area (Å²) in [5.41, 5.74) is 1.03. The average Bonchev–Trinajstić information content (AvgIpc) is 2.30. The van der Waals surface area contributed by atoms with Crippen molar-refractivity contribution in [2.24, 2.45) is 0 Å². The van der Waals surface area contributed by atoms with Gasteiger partial charge in [0, 0.05) is 25.2 Å². The third-order valence-electron chi connectivity index (χ3n) is 2.45. The summed E-state index contributed by atoms with van der Waals surface area (Å²) in [5, 5.41) is 12.2. The first kappa shape index (κ1) is 12.7. The Hall–Kier alpha value is -1.36. The Balaban J connectivity index is 2.98. The van der Waals surface area contributed by atoms with E-state index in [1.165, 1.54) is 0 Å². The lowest BCUT2D eigenvalue weighted by Gasteiger charge is -2.23. The van der Waals surface area contributed by atoms with Crippen LogP contribution in [0.1, 0.15) is 19.4 Å². The molecule has 2 N–H and O–H groups in total. The van der Waals surface area contributed by atoms with Crippen molar-refractivity contribution in [1.82, 2.24) is 9.97 Å². The Morgan fingerprint density at radius 1 is 1.38 bits per heavy atom. The van der Waals surface area contributed by atoms with Gasteiger partial charge in [-0.05, 0) is 20.8 Å². The van der Waals surface area contributed by atoms with Gasteiger partial charge in [-0.3, -0.25) is 0 Å². The first-order valence-corrected chi connectivity index (χ1v) is 5.65. The summed E-state index contributed by atoms with van der Waals surface area (Å²) >= 11 is 0. The summed E-state index contributed by atoms with van der Waals surface area (Å²) < 4.78 is 0. The maximum absolute atomic E-state index is 8.99. The van der Waals surface area contributed by atoms with E-state index >= 15 is 0 Å². The molecule has 0 amide bonds. The maximum Gasteiger partial charge on any atom is 0.137 e. The zero-order chi connectivity index (χ0) is 12.0. The van der Waals surface area contributed by atoms with E-state index in [9.17, 15) is 0 Å². The van der Waals surface area contributed by atoms with Crippen LogP contribution in [0, 0.1) is 6.92 Å². The molecule has 0 aromatic carbocycles. The molecular formula is C11H20N4O. The van der Waals surface area contributed by atoms with Gasteiger partial charge in [-0.2, -0.15) is 0 Å². The van der Waals surface area contributed by atoms with E-state index in [2.05, 4.69) is 15.3 Å². The number of hydrogen-bond donors (Lipinski definition) is 2. The van der Waals surface area contributed by atoms with Crippen molar-refractivity contribution in [3.63, 3.8) is 0 Å². The predicted octanol–water partition coefficient (Wildman–Crippen LogP) is 1.04. The van der Waals surface area contributed by atoms with Gasteiger partial charge in [0.15, 0.2) is 0 Å². The molecule has 5 nitrogen and oxygen atoms in total. The number of aliphatic hydroxyl groups is 1. The van der Waals surface area contributed by atoms with E-state index in [1.807, 2.05) is 25.7 Å². The molecule has 16 heavy (non-hydrogen) atoms. The highest BCUT2D eigenvalue weighted by Gasteiger charge is 2.11. The summed E-state index contributed by atoms with van der Waals surface area (Å²) in [5.74, 6) is 1.76. The maximum atomic E-state index is 8.99. The van der Waals surface area contributed by atoms with Crippen molar-refractivity contribution >= 4 is 11.6 Å². The summed E-state index contributed by atoms with van der Waals surface area (Å²) in [6.45, 7) is 8.46. The summed E-state index contributed by atoms with van der Waals surface area (Å²) in [6, 6.07) is 0. The van der Waals surface area contributed by atoms with Crippen LogP contribution in [0.15, 0.2) is 6.33 Å². The van der Waals surface area contributed by atoms with Gasteiger partial charge < -0.3 is 15.3 Å². The lowest BCUT2D eigenvalue weighted by molar-refractivity contribution is 0.302. The van der Waals surface area contributed by atoms with E-state index in [1.54, 1.807) is 6.33 Å². The Morgan fingerprint density at radius 3 is 2.69 bits per heavy atom. The quantitative estimate of drug-likeness (QED) is 0.756. The molecular weight excluding hydrogens is 204 g/mol. The van der Waals surface area contributed by atoms with E-state index in [-0.39, 0.29) is 6.61 Å². The first-order chi connectivity index (χ1) is 7.74. The number of nitrogens with one attached hydrogen (secondary N) is 1. The summed E-state index contributed by atoms with van der Waals surface area (Å²) in [7, 11) is 0. The third kappa shape index (κ3) is 2.82. The van der Waals surface area contributed by atoms with Gasteiger partial charge in [0.2, 0.25) is 0 Å². The number of hydrogen-bond acceptors (Lipinski definition) is 5. The fourth-order valence-electron chi connectivity index (χ4n) is 1.64. The third-order valence-corrected chi connectivity index (χ3v) is 2.45. The zero-order valence-electron chi connectivity index (χ0n) is 10.2. The van der Waals surface area contributed by atoms with E-state index in [4.69, 9.17) is 5.11 Å². The number of aromatic nitrogens is 2. The minimum Gasteiger partial charge on any atom is -0.395 e. The Kier molecular flexibility index (Phi) is 4.98. The summed E-state index contributed by atoms with van der Waals surface area (Å²) in [6.07, 6.45) is 1.56. The molecule has 0 unspecified atom stereocenters. The Morgan fingerprint density at radius 2 is 2.12 bits per heavy atom. The van der Waals surface area contributed by atoms with Crippen molar-refractivity contribution in [2.75, 3.05) is 36.5 Å². The van der Waals surface area contributed by atoms with Gasteiger partial charge in [0.25, 0.3) is 0 Å². The minimum absolute atomic E-state index is 0.133. The molecule has 1 aromatic heterocycles. The van der Waals surface area contributed by atoms with Crippen LogP contribution in [-0.4, -0.2) is 41.3 Å². The molecule has 1 heterocycles. The van der Waals surface area contributed by atoms with Gasteiger partial charge >= 0.3 is 0 Å². The van der Waals surface area contributed by atoms with E-state index in [0.29, 0.717) is 6.54 Å². The van der Waals surface area contributed by atoms with Crippen LogP contribution in [-0.2, 0) is 0 Å². The van der Waals surface area contributed by atoms with Crippen molar-refractivity contribution < 1.29 is 5.11 Å². The Labute approximate surface area is 96.5 Å². The van der Waals surface area contributed by atoms with Gasteiger partial charge in [0.05, 0.1) is 6.61 Å². The molecule has 0 aliphatic rings. The second-order valence-electron chi connectivity index (χ2n) is 3.50. The van der Waals surface area contributed by atoms with E-state index in [0.717, 1.165) is 30.3 Å². The predicted molar refractivity (Wildman–Crippen MR) is 65.9 cm³/mol. The number of rotatable bonds is 6. The van der Waals surface area contributed by atoms with Gasteiger partial charge in [0.1, 0.15) is 18.0 Å². The van der Waals surface area contributed by atoms with Crippen LogP contribution in [0.25, 0.3) is 0 Å². The second kappa shape index (κ2) is 6.27. The standard InChI is InChI=1S/C11H20N4O/c1-4-12-10-9(3)11(14-8-13-10)15(5-2)6-7-16/h8,16H,4-7H2,1-3H3,(H,12,13,14). The fourth-order valence-corrected chi connectivity index (χ4v) is 1.64. The molecule has 5 heteroatoms. The summed E-state index contributed by atoms with van der Waals surface area (Å²) in [4.78, 5) is 10.5. The molecule has 0 radical (unpaired) electrons. The molecule has 1 rings (SSSR count). The van der Waals surface area contributed by atoms with E-state index < -0.39 is 0 Å². The minimum atomic E-state index is 0.133. The second-order valence-corrected chi connectivity index (χ2v) is 3.50. The number of nitrogens with zero attached hydrogens (tertiary/aromatic N) is 3. The van der Waals surface area contributed by atoms with Crippen molar-refractivity contribution in [3.8, 4) is 0 Å². The molecule has 0 aliphatic heterocycles. The Bertz CT molecular complexity index is 330. The highest BCUT2D eigenvalue weighted by Crippen LogP contribution is 2.21. The lowest BCUT2D eigenvalue weighted by Crippen LogP contribution is -2.28. The van der Waals surface area contributed by atoms with Gasteiger partial charge in [-0.15, -0.1) is 0 Å². The van der Waals surface area contributed by atoms with Crippen LogP contribution in [0.3, 0.4) is 0 Å². The molecule has 0 saturated carbocycles. The molecule has 0 spiro atoms. The van der Waals surface area contributed by atoms with Crippen molar-refractivity contribution in [1.29, 1.82) is 0 Å². The van der Waals surface area contributed by atoms with Crippen LogP contribution in [0.2, 0.25) is 0 Å². The van der Waals surface area contributed by atoms with Crippen LogP contribution in [0.5, 0.6) is 0 Å². The van der Waals surface area contributed by atoms with Crippen LogP contribution >= 0.6 is 0 Å². The molecule has 1 aromatic rings. The first-order valence-electron chi connectivity index (χ1n) is 5.65. The van der Waals surface area contributed by atoms with Crippen molar-refractivity contribution in [3.05, 3.63) is 11.9 Å². The molecule has 0 saturated heterocycles. The largest absolute Gasteiger partial charge is 0.395 e. The molecule has 0 aliphatic carbocycles. The number of anilines is 2. The smallest absolute Gasteiger partial charge is 0.137 e. The molecule has 0 atom stereocenters. The zero-order valence-corrected chi connectivity index (χ0v) is 10.2. The highest BCUT2D eigenvalue weighted by atomic mass is 16.3. The number of aliphatic hydroxyl groups excluding tert-OH is 1. The molecule has 0 bridgehead atoms. The van der Waals surface area contributed by atoms with Gasteiger partial charge in [-0.25, -0.2) is 9.97 Å². The molecule has 0 fully saturated rings. The van der Waals surface area contributed by atoms with Crippen LogP contribution in [0.4, 0.5) is 11.6 Å². The highest BCUT2D eigenvalue weighted by molar-refractivity contribution is 5.57. The average molecular weight is 224 g/mol. The number of likely N-dealkylation sites (N-methyl/N-ethyl adjacent to an activating group) is 1. The topological polar surface area (TPSA) is 61.3 Å². The lowest BCUT2D eigenvalue weighted by atomic mass is 10.3. The fraction of sp³-hybridized carbons (Fsp3) is 0.636.